The van der Waals surface area contributed by atoms with Crippen molar-refractivity contribution in [3.05, 3.63) is 0 Å². The van der Waals surface area contributed by atoms with Crippen molar-refractivity contribution in [2.75, 3.05) is 13.2 Å². The Bertz CT molecular complexity index is 242. The fourth-order valence-electron chi connectivity index (χ4n) is 1.75. The lowest BCUT2D eigenvalue weighted by Crippen LogP contribution is -2.45. The molecule has 88 valence electrons. The van der Waals surface area contributed by atoms with Gasteiger partial charge in [0.15, 0.2) is 0 Å². The highest BCUT2D eigenvalue weighted by Crippen LogP contribution is 2.36. The summed E-state index contributed by atoms with van der Waals surface area (Å²) in [6.07, 6.45) is -0.773. The molecule has 0 aromatic heterocycles. The topological polar surface area (TPSA) is 55.8 Å². The highest BCUT2D eigenvalue weighted by molar-refractivity contribution is 14.1. The molecule has 0 radical (unpaired) electrons. The van der Waals surface area contributed by atoms with Crippen molar-refractivity contribution in [2.24, 2.45) is 5.92 Å². The number of alkyl halides is 1. The summed E-state index contributed by atoms with van der Waals surface area (Å²) in [4.78, 5) is 11.7. The van der Waals surface area contributed by atoms with Crippen LogP contribution in [0.1, 0.15) is 20.8 Å². The van der Waals surface area contributed by atoms with Gasteiger partial charge in [-0.25, -0.2) is 0 Å². The third kappa shape index (κ3) is 2.62. The second-order valence-corrected chi connectivity index (χ2v) is 6.22. The molecule has 1 fully saturated rings. The first-order valence-electron chi connectivity index (χ1n) is 5.07. The van der Waals surface area contributed by atoms with E-state index in [2.05, 4.69) is 0 Å². The summed E-state index contributed by atoms with van der Waals surface area (Å²) in [5.41, 5.74) is 0. The number of hydrogen-bond donors (Lipinski definition) is 1. The Morgan fingerprint density at radius 1 is 1.73 bits per heavy atom. The lowest BCUT2D eigenvalue weighted by molar-refractivity contribution is -0.148. The Morgan fingerprint density at radius 3 is 2.73 bits per heavy atom. The van der Waals surface area contributed by atoms with Gasteiger partial charge in [0, 0.05) is 5.92 Å². The van der Waals surface area contributed by atoms with E-state index < -0.39 is 9.53 Å². The number of aliphatic hydroxyl groups excluding tert-OH is 1. The lowest BCUT2D eigenvalue weighted by Gasteiger charge is -2.29. The normalized spacial score (nSPS) is 34.9. The van der Waals surface area contributed by atoms with Gasteiger partial charge in [-0.05, 0) is 13.8 Å². The summed E-state index contributed by atoms with van der Waals surface area (Å²) in [6.45, 7) is 6.10. The van der Waals surface area contributed by atoms with Crippen LogP contribution in [0.4, 0.5) is 0 Å². The number of ether oxygens (including phenoxy) is 2. The summed E-state index contributed by atoms with van der Waals surface area (Å²) in [6, 6.07) is 0. The number of esters is 1. The molecule has 0 aliphatic carbocycles. The average molecular weight is 328 g/mol. The van der Waals surface area contributed by atoms with Crippen molar-refractivity contribution in [1.82, 2.24) is 0 Å². The van der Waals surface area contributed by atoms with E-state index in [4.69, 9.17) is 9.47 Å². The number of aliphatic hydroxyl groups is 1. The molecular weight excluding hydrogens is 311 g/mol. The maximum atomic E-state index is 11.7. The van der Waals surface area contributed by atoms with Gasteiger partial charge in [0.1, 0.15) is 3.42 Å². The van der Waals surface area contributed by atoms with E-state index in [0.29, 0.717) is 13.2 Å². The summed E-state index contributed by atoms with van der Waals surface area (Å²) in [7, 11) is 0. The number of carbonyl (C=O) groups excluding carboxylic acids is 1. The molecule has 1 aliphatic heterocycles. The fourth-order valence-corrected chi connectivity index (χ4v) is 2.65. The van der Waals surface area contributed by atoms with Crippen molar-refractivity contribution < 1.29 is 19.4 Å². The van der Waals surface area contributed by atoms with Crippen LogP contribution in [-0.2, 0) is 14.3 Å². The van der Waals surface area contributed by atoms with E-state index in [0.717, 1.165) is 0 Å². The van der Waals surface area contributed by atoms with Gasteiger partial charge in [0.25, 0.3) is 0 Å². The van der Waals surface area contributed by atoms with E-state index in [1.807, 2.05) is 29.5 Å². The molecule has 5 heteroatoms. The molecule has 0 saturated carbocycles. The first kappa shape index (κ1) is 13.2. The Morgan fingerprint density at radius 2 is 2.33 bits per heavy atom. The van der Waals surface area contributed by atoms with Crippen LogP contribution in [0.5, 0.6) is 0 Å². The number of rotatable bonds is 3. The van der Waals surface area contributed by atoms with Gasteiger partial charge in [-0.15, -0.1) is 0 Å². The van der Waals surface area contributed by atoms with Crippen LogP contribution in [0.15, 0.2) is 0 Å². The molecule has 0 spiro atoms. The van der Waals surface area contributed by atoms with E-state index in [1.54, 1.807) is 13.8 Å². The molecule has 0 unspecified atom stereocenters. The van der Waals surface area contributed by atoms with Gasteiger partial charge in [-0.1, -0.05) is 29.5 Å². The molecule has 4 atom stereocenters. The summed E-state index contributed by atoms with van der Waals surface area (Å²) in [5, 5.41) is 9.56. The molecule has 0 amide bonds. The zero-order valence-electron chi connectivity index (χ0n) is 9.20. The van der Waals surface area contributed by atoms with Crippen molar-refractivity contribution in [2.45, 2.75) is 36.4 Å². The monoisotopic (exact) mass is 328 g/mol. The molecular formula is C10H17IO4. The molecule has 4 nitrogen and oxygen atoms in total. The highest BCUT2D eigenvalue weighted by atomic mass is 127. The smallest absolute Gasteiger partial charge is 0.324 e. The van der Waals surface area contributed by atoms with Gasteiger partial charge < -0.3 is 14.6 Å². The summed E-state index contributed by atoms with van der Waals surface area (Å²) < 4.78 is 9.71. The summed E-state index contributed by atoms with van der Waals surface area (Å²) in [5.74, 6) is -0.326. The van der Waals surface area contributed by atoms with E-state index in [1.165, 1.54) is 0 Å². The molecule has 1 heterocycles. The number of halogens is 1. The van der Waals surface area contributed by atoms with Crippen LogP contribution in [0.25, 0.3) is 0 Å². The molecule has 15 heavy (non-hydrogen) atoms. The average Bonchev–Trinajstić information content (AvgIpc) is 2.48. The zero-order chi connectivity index (χ0) is 11.6. The van der Waals surface area contributed by atoms with Crippen LogP contribution in [0.3, 0.4) is 0 Å². The van der Waals surface area contributed by atoms with Gasteiger partial charge in [-0.2, -0.15) is 0 Å². The highest BCUT2D eigenvalue weighted by Gasteiger charge is 2.49. The minimum Gasteiger partial charge on any atom is -0.465 e. The molecule has 1 aliphatic rings. The van der Waals surface area contributed by atoms with Crippen LogP contribution >= 0.6 is 22.6 Å². The Kier molecular flexibility index (Phi) is 4.37. The predicted octanol–water partition coefficient (Wildman–Crippen LogP) is 1.14. The molecule has 0 aromatic rings. The number of carbonyl (C=O) groups is 1. The second-order valence-electron chi connectivity index (χ2n) is 3.98. The van der Waals surface area contributed by atoms with Gasteiger partial charge in [-0.3, -0.25) is 4.79 Å². The van der Waals surface area contributed by atoms with E-state index in [9.17, 15) is 9.90 Å². The number of hydrogen-bond acceptors (Lipinski definition) is 4. The maximum Gasteiger partial charge on any atom is 0.324 e. The fraction of sp³-hybridized carbons (Fsp3) is 0.900. The third-order valence-corrected chi connectivity index (χ3v) is 3.79. The van der Waals surface area contributed by atoms with Crippen molar-refractivity contribution in [3.63, 3.8) is 0 Å². The quantitative estimate of drug-likeness (QED) is 0.480. The standard InChI is InChI=1S/C10H17IO4/c1-4-14-9(13)10(3,11)8-6(2)7(12)5-15-8/h6-8,12H,4-5H2,1-3H3/t6-,7-,8-,10-/m0/s1. The molecule has 1 N–H and O–H groups in total. The van der Waals surface area contributed by atoms with Crippen molar-refractivity contribution in [1.29, 1.82) is 0 Å². The Balaban J connectivity index is 2.73. The molecule has 0 bridgehead atoms. The SMILES string of the molecule is CCOC(=O)[C@@](C)(I)[C@H]1OC[C@H](O)[C@@H]1C. The Labute approximate surface area is 103 Å². The predicted molar refractivity (Wildman–Crippen MR) is 64.0 cm³/mol. The zero-order valence-corrected chi connectivity index (χ0v) is 11.4. The first-order chi connectivity index (χ1) is 6.91. The van der Waals surface area contributed by atoms with Crippen LogP contribution < -0.4 is 0 Å². The van der Waals surface area contributed by atoms with Crippen molar-refractivity contribution >= 4 is 28.6 Å². The largest absolute Gasteiger partial charge is 0.465 e. The minimum atomic E-state index is -0.731. The van der Waals surface area contributed by atoms with E-state index >= 15 is 0 Å². The van der Waals surface area contributed by atoms with Crippen molar-refractivity contribution in [3.8, 4) is 0 Å². The van der Waals surface area contributed by atoms with Gasteiger partial charge >= 0.3 is 5.97 Å². The first-order valence-corrected chi connectivity index (χ1v) is 6.15. The lowest BCUT2D eigenvalue weighted by atomic mass is 9.92. The second kappa shape index (κ2) is 4.97. The maximum absolute atomic E-state index is 11.7. The van der Waals surface area contributed by atoms with Crippen LogP contribution in [0.2, 0.25) is 0 Å². The van der Waals surface area contributed by atoms with Gasteiger partial charge in [0.2, 0.25) is 0 Å². The van der Waals surface area contributed by atoms with E-state index in [-0.39, 0.29) is 18.0 Å². The minimum absolute atomic E-state index is 0.0451. The van der Waals surface area contributed by atoms with Crippen LogP contribution in [0, 0.1) is 5.92 Å². The molecule has 1 saturated heterocycles. The molecule has 1 rings (SSSR count). The summed E-state index contributed by atoms with van der Waals surface area (Å²) >= 11 is 2.04. The van der Waals surface area contributed by atoms with Gasteiger partial charge in [0.05, 0.1) is 25.4 Å². The third-order valence-electron chi connectivity index (χ3n) is 2.74. The molecule has 0 aromatic carbocycles. The Hall–Kier alpha value is 0.120. The van der Waals surface area contributed by atoms with Crippen LogP contribution in [-0.4, -0.2) is 39.9 Å².